The summed E-state index contributed by atoms with van der Waals surface area (Å²) in [6, 6.07) is 11.8. The van der Waals surface area contributed by atoms with Crippen molar-refractivity contribution in [2.75, 3.05) is 13.7 Å². The molecular weight excluding hydrogens is 342 g/mol. The molecule has 4 nitrogen and oxygen atoms in total. The van der Waals surface area contributed by atoms with Gasteiger partial charge in [0, 0.05) is 16.3 Å². The van der Waals surface area contributed by atoms with Gasteiger partial charge in [-0.05, 0) is 47.7 Å². The summed E-state index contributed by atoms with van der Waals surface area (Å²) in [7, 11) is 1.64. The molecule has 1 saturated heterocycles. The molecule has 0 radical (unpaired) electrons. The minimum Gasteiger partial charge on any atom is -0.497 e. The van der Waals surface area contributed by atoms with Gasteiger partial charge in [0.15, 0.2) is 0 Å². The maximum atomic E-state index is 12.2. The van der Waals surface area contributed by atoms with E-state index < -0.39 is 0 Å². The van der Waals surface area contributed by atoms with Crippen LogP contribution in [0.15, 0.2) is 54.0 Å². The molecule has 0 aliphatic carbocycles. The minimum absolute atomic E-state index is 0.238. The summed E-state index contributed by atoms with van der Waals surface area (Å²) in [6.45, 7) is 3.81. The number of methoxy groups -OCH3 is 1. The van der Waals surface area contributed by atoms with Gasteiger partial charge in [0.05, 0.1) is 12.0 Å². The molecule has 2 amide bonds. The standard InChI is InChI=1S/C18H15NO3S2/c1-3-9-19-17(20)16(24-18(19)21)11-14-7-8-15(23-14)12-5-4-6-13(10-12)22-2/h3-8,10-11H,1,9H2,2H3. The van der Waals surface area contributed by atoms with E-state index in [9.17, 15) is 9.59 Å². The number of amides is 2. The Hall–Kier alpha value is -2.31. The number of carbonyl (C=O) groups is 2. The van der Waals surface area contributed by atoms with Gasteiger partial charge in [-0.25, -0.2) is 0 Å². The summed E-state index contributed by atoms with van der Waals surface area (Å²) in [4.78, 5) is 27.7. The molecule has 6 heteroatoms. The van der Waals surface area contributed by atoms with Gasteiger partial charge in [-0.2, -0.15) is 0 Å². The summed E-state index contributed by atoms with van der Waals surface area (Å²) in [5.74, 6) is 0.536. The zero-order valence-corrected chi connectivity index (χ0v) is 14.7. The second kappa shape index (κ2) is 7.07. The Bertz CT molecular complexity index is 838. The van der Waals surface area contributed by atoms with Crippen molar-refractivity contribution in [2.45, 2.75) is 0 Å². The van der Waals surface area contributed by atoms with Crippen LogP contribution < -0.4 is 4.74 Å². The highest BCUT2D eigenvalue weighted by molar-refractivity contribution is 8.18. The normalized spacial score (nSPS) is 16.0. The maximum absolute atomic E-state index is 12.2. The average Bonchev–Trinajstić information content (AvgIpc) is 3.16. The lowest BCUT2D eigenvalue weighted by molar-refractivity contribution is -0.122. The van der Waals surface area contributed by atoms with E-state index in [1.807, 2.05) is 36.4 Å². The molecule has 0 N–H and O–H groups in total. The van der Waals surface area contributed by atoms with Crippen LogP contribution in [0.1, 0.15) is 4.88 Å². The Morgan fingerprint density at radius 1 is 1.25 bits per heavy atom. The monoisotopic (exact) mass is 357 g/mol. The first-order valence-corrected chi connectivity index (χ1v) is 8.86. The van der Waals surface area contributed by atoms with Crippen molar-refractivity contribution in [3.05, 3.63) is 58.8 Å². The molecule has 2 aromatic rings. The topological polar surface area (TPSA) is 46.6 Å². The van der Waals surface area contributed by atoms with Crippen LogP contribution in [0.4, 0.5) is 4.79 Å². The molecule has 122 valence electrons. The Labute approximate surface area is 148 Å². The molecule has 0 bridgehead atoms. The van der Waals surface area contributed by atoms with Gasteiger partial charge < -0.3 is 4.74 Å². The Morgan fingerprint density at radius 2 is 2.08 bits per heavy atom. The zero-order valence-electron chi connectivity index (χ0n) is 13.0. The van der Waals surface area contributed by atoms with Crippen molar-refractivity contribution < 1.29 is 14.3 Å². The number of thiophene rings is 1. The number of benzene rings is 1. The van der Waals surface area contributed by atoms with Crippen molar-refractivity contribution >= 4 is 40.3 Å². The molecule has 0 unspecified atom stereocenters. The van der Waals surface area contributed by atoms with E-state index in [1.54, 1.807) is 30.6 Å². The number of carbonyl (C=O) groups excluding carboxylic acids is 2. The van der Waals surface area contributed by atoms with Crippen molar-refractivity contribution in [3.8, 4) is 16.2 Å². The molecule has 0 atom stereocenters. The Kier molecular flexibility index (Phi) is 4.87. The lowest BCUT2D eigenvalue weighted by Crippen LogP contribution is -2.27. The number of thioether (sulfide) groups is 1. The van der Waals surface area contributed by atoms with E-state index in [1.165, 1.54) is 4.90 Å². The molecule has 3 rings (SSSR count). The summed E-state index contributed by atoms with van der Waals surface area (Å²) < 4.78 is 5.25. The van der Waals surface area contributed by atoms with E-state index in [4.69, 9.17) is 4.74 Å². The van der Waals surface area contributed by atoms with E-state index in [0.717, 1.165) is 32.8 Å². The Morgan fingerprint density at radius 3 is 2.83 bits per heavy atom. The smallest absolute Gasteiger partial charge is 0.293 e. The quantitative estimate of drug-likeness (QED) is 0.577. The van der Waals surface area contributed by atoms with Crippen LogP contribution in [0.2, 0.25) is 0 Å². The fourth-order valence-electron chi connectivity index (χ4n) is 2.28. The molecule has 24 heavy (non-hydrogen) atoms. The van der Waals surface area contributed by atoms with E-state index in [2.05, 4.69) is 6.58 Å². The molecule has 0 spiro atoms. The fraction of sp³-hybridized carbons (Fsp3) is 0.111. The van der Waals surface area contributed by atoms with Crippen LogP contribution in [0.5, 0.6) is 5.75 Å². The molecule has 0 saturated carbocycles. The number of imide groups is 1. The van der Waals surface area contributed by atoms with Crippen LogP contribution in [0.3, 0.4) is 0 Å². The average molecular weight is 357 g/mol. The highest BCUT2D eigenvalue weighted by Gasteiger charge is 2.34. The first-order chi connectivity index (χ1) is 11.6. The SMILES string of the molecule is C=CCN1C(=O)SC(=Cc2ccc(-c3cccc(OC)c3)s2)C1=O. The zero-order chi connectivity index (χ0) is 17.1. The van der Waals surface area contributed by atoms with Crippen molar-refractivity contribution in [1.29, 1.82) is 0 Å². The number of nitrogens with zero attached hydrogens (tertiary/aromatic N) is 1. The molecule has 1 aliphatic heterocycles. The maximum Gasteiger partial charge on any atom is 0.293 e. The number of rotatable bonds is 5. The highest BCUT2D eigenvalue weighted by Crippen LogP contribution is 2.35. The van der Waals surface area contributed by atoms with E-state index in [-0.39, 0.29) is 17.7 Å². The number of hydrogen-bond acceptors (Lipinski definition) is 5. The second-order valence-corrected chi connectivity index (χ2v) is 7.12. The van der Waals surface area contributed by atoms with Crippen LogP contribution in [-0.4, -0.2) is 29.7 Å². The summed E-state index contributed by atoms with van der Waals surface area (Å²) in [5, 5.41) is -0.254. The predicted molar refractivity (Wildman–Crippen MR) is 99.2 cm³/mol. The number of ether oxygens (including phenoxy) is 1. The van der Waals surface area contributed by atoms with Gasteiger partial charge in [-0.3, -0.25) is 14.5 Å². The van der Waals surface area contributed by atoms with Crippen LogP contribution in [0.25, 0.3) is 16.5 Å². The van der Waals surface area contributed by atoms with Gasteiger partial charge in [0.2, 0.25) is 0 Å². The third-order valence-corrected chi connectivity index (χ3v) is 5.43. The van der Waals surface area contributed by atoms with Crippen LogP contribution in [-0.2, 0) is 4.79 Å². The second-order valence-electron chi connectivity index (χ2n) is 5.01. The molecule has 1 fully saturated rings. The third-order valence-electron chi connectivity index (χ3n) is 3.44. The largest absolute Gasteiger partial charge is 0.497 e. The van der Waals surface area contributed by atoms with E-state index in [0.29, 0.717) is 4.91 Å². The lowest BCUT2D eigenvalue weighted by Gasteiger charge is -2.07. The predicted octanol–water partition coefficient (Wildman–Crippen LogP) is 4.65. The van der Waals surface area contributed by atoms with Crippen molar-refractivity contribution in [1.82, 2.24) is 4.90 Å². The van der Waals surface area contributed by atoms with Crippen LogP contribution >= 0.6 is 23.1 Å². The summed E-state index contributed by atoms with van der Waals surface area (Å²) >= 11 is 2.53. The number of hydrogen-bond donors (Lipinski definition) is 0. The fourth-order valence-corrected chi connectivity index (χ4v) is 4.14. The molecule has 1 aliphatic rings. The molecule has 2 heterocycles. The summed E-state index contributed by atoms with van der Waals surface area (Å²) in [5.41, 5.74) is 1.05. The molecule has 1 aromatic carbocycles. The minimum atomic E-state index is -0.263. The van der Waals surface area contributed by atoms with Gasteiger partial charge in [-0.15, -0.1) is 17.9 Å². The van der Waals surface area contributed by atoms with Crippen LogP contribution in [0, 0.1) is 0 Å². The van der Waals surface area contributed by atoms with E-state index >= 15 is 0 Å². The Balaban J connectivity index is 1.85. The highest BCUT2D eigenvalue weighted by atomic mass is 32.2. The summed E-state index contributed by atoms with van der Waals surface area (Å²) in [6.07, 6.45) is 3.31. The van der Waals surface area contributed by atoms with Gasteiger partial charge in [0.25, 0.3) is 11.1 Å². The van der Waals surface area contributed by atoms with Gasteiger partial charge in [-0.1, -0.05) is 18.2 Å². The van der Waals surface area contributed by atoms with Crippen molar-refractivity contribution in [3.63, 3.8) is 0 Å². The third kappa shape index (κ3) is 3.29. The lowest BCUT2D eigenvalue weighted by atomic mass is 10.2. The first kappa shape index (κ1) is 16.5. The van der Waals surface area contributed by atoms with Crippen molar-refractivity contribution in [2.24, 2.45) is 0 Å². The van der Waals surface area contributed by atoms with Gasteiger partial charge >= 0.3 is 0 Å². The van der Waals surface area contributed by atoms with Gasteiger partial charge in [0.1, 0.15) is 5.75 Å². The molecular formula is C18H15NO3S2. The molecule has 1 aromatic heterocycles. The first-order valence-electron chi connectivity index (χ1n) is 7.23.